The van der Waals surface area contributed by atoms with E-state index in [9.17, 15) is 13.6 Å². The van der Waals surface area contributed by atoms with Crippen molar-refractivity contribution in [2.75, 3.05) is 13.1 Å². The number of carbonyl (C=O) groups is 1. The maximum absolute atomic E-state index is 13.5. The number of nitrogens with one attached hydrogen (secondary N) is 1. The fraction of sp³-hybridized carbons (Fsp3) is 0.588. The highest BCUT2D eigenvalue weighted by Crippen LogP contribution is 2.19. The van der Waals surface area contributed by atoms with Gasteiger partial charge in [0.05, 0.1) is 0 Å². The van der Waals surface area contributed by atoms with Crippen LogP contribution in [-0.4, -0.2) is 42.1 Å². The molecule has 0 bridgehead atoms. The quantitative estimate of drug-likeness (QED) is 0.904. The number of likely N-dealkylation sites (tertiary alicyclic amines) is 1. The van der Waals surface area contributed by atoms with Crippen LogP contribution in [-0.2, 0) is 4.79 Å². The molecule has 1 saturated heterocycles. The van der Waals surface area contributed by atoms with Crippen LogP contribution in [0.4, 0.5) is 8.78 Å². The Labute approximate surface area is 135 Å². The molecule has 1 N–H and O–H groups in total. The van der Waals surface area contributed by atoms with Crippen LogP contribution in [0.2, 0.25) is 0 Å². The van der Waals surface area contributed by atoms with Gasteiger partial charge in [0.25, 0.3) is 5.91 Å². The van der Waals surface area contributed by atoms with E-state index in [1.807, 2.05) is 0 Å². The summed E-state index contributed by atoms with van der Waals surface area (Å²) in [5.74, 6) is -1.89. The highest BCUT2D eigenvalue weighted by atomic mass is 19.1. The van der Waals surface area contributed by atoms with Crippen molar-refractivity contribution in [2.45, 2.75) is 51.8 Å². The summed E-state index contributed by atoms with van der Waals surface area (Å²) in [4.78, 5) is 14.5. The second kappa shape index (κ2) is 7.73. The Morgan fingerprint density at radius 3 is 2.48 bits per heavy atom. The molecule has 1 aromatic carbocycles. The van der Waals surface area contributed by atoms with Crippen molar-refractivity contribution in [2.24, 2.45) is 0 Å². The molecule has 0 aliphatic carbocycles. The predicted octanol–water partition coefficient (Wildman–Crippen LogP) is 2.72. The molecule has 128 valence electrons. The molecular formula is C17H24F2N2O2. The minimum atomic E-state index is -0.835. The molecular weight excluding hydrogens is 302 g/mol. The Kier molecular flexibility index (Phi) is 5.93. The van der Waals surface area contributed by atoms with Crippen molar-refractivity contribution in [3.8, 4) is 5.75 Å². The fourth-order valence-corrected chi connectivity index (χ4v) is 2.69. The summed E-state index contributed by atoms with van der Waals surface area (Å²) < 4.78 is 31.7. The van der Waals surface area contributed by atoms with Crippen molar-refractivity contribution < 1.29 is 18.3 Å². The molecule has 0 saturated carbocycles. The fourth-order valence-electron chi connectivity index (χ4n) is 2.69. The van der Waals surface area contributed by atoms with Gasteiger partial charge in [-0.05, 0) is 45.7 Å². The number of rotatable bonds is 5. The SMILES string of the molecule is CC(C)N1CCC(NC(=O)[C@H](C)Oc2ccc(F)cc2F)CC1. The number of nitrogens with zero attached hydrogens (tertiary/aromatic N) is 1. The molecule has 1 aromatic rings. The van der Waals surface area contributed by atoms with Gasteiger partial charge in [-0.3, -0.25) is 4.79 Å². The van der Waals surface area contributed by atoms with E-state index in [0.717, 1.165) is 38.1 Å². The molecule has 1 atom stereocenters. The van der Waals surface area contributed by atoms with Gasteiger partial charge in [-0.15, -0.1) is 0 Å². The van der Waals surface area contributed by atoms with Crippen molar-refractivity contribution in [1.29, 1.82) is 0 Å². The monoisotopic (exact) mass is 326 g/mol. The topological polar surface area (TPSA) is 41.6 Å². The number of hydrogen-bond acceptors (Lipinski definition) is 3. The summed E-state index contributed by atoms with van der Waals surface area (Å²) in [6.45, 7) is 7.77. The average Bonchev–Trinajstić information content (AvgIpc) is 2.50. The van der Waals surface area contributed by atoms with E-state index >= 15 is 0 Å². The van der Waals surface area contributed by atoms with Crippen molar-refractivity contribution in [3.05, 3.63) is 29.8 Å². The Hall–Kier alpha value is -1.69. The molecule has 0 spiro atoms. The molecule has 1 aliphatic heterocycles. The summed E-state index contributed by atoms with van der Waals surface area (Å²) in [6.07, 6.45) is 0.946. The molecule has 0 unspecified atom stereocenters. The highest BCUT2D eigenvalue weighted by molar-refractivity contribution is 5.81. The maximum Gasteiger partial charge on any atom is 0.260 e. The third kappa shape index (κ3) is 4.89. The van der Waals surface area contributed by atoms with Gasteiger partial charge >= 0.3 is 0 Å². The van der Waals surface area contributed by atoms with Gasteiger partial charge in [0.2, 0.25) is 0 Å². The first-order valence-corrected chi connectivity index (χ1v) is 8.03. The molecule has 0 aromatic heterocycles. The van der Waals surface area contributed by atoms with Crippen LogP contribution in [0.1, 0.15) is 33.6 Å². The first-order valence-electron chi connectivity index (χ1n) is 8.03. The summed E-state index contributed by atoms with van der Waals surface area (Å²) in [5, 5.41) is 2.94. The van der Waals surface area contributed by atoms with Crippen molar-refractivity contribution in [1.82, 2.24) is 10.2 Å². The van der Waals surface area contributed by atoms with Crippen LogP contribution in [0.3, 0.4) is 0 Å². The number of benzene rings is 1. The summed E-state index contributed by atoms with van der Waals surface area (Å²) in [7, 11) is 0. The Bertz CT molecular complexity index is 543. The normalized spacial score (nSPS) is 18.0. The third-order valence-electron chi connectivity index (χ3n) is 4.17. The van der Waals surface area contributed by atoms with E-state index in [1.165, 1.54) is 6.07 Å². The molecule has 1 heterocycles. The molecule has 1 aliphatic rings. The number of piperidine rings is 1. The molecule has 4 nitrogen and oxygen atoms in total. The van der Waals surface area contributed by atoms with E-state index in [4.69, 9.17) is 4.74 Å². The van der Waals surface area contributed by atoms with Crippen LogP contribution in [0, 0.1) is 11.6 Å². The van der Waals surface area contributed by atoms with Gasteiger partial charge in [-0.1, -0.05) is 0 Å². The van der Waals surface area contributed by atoms with Gasteiger partial charge in [-0.2, -0.15) is 0 Å². The van der Waals surface area contributed by atoms with E-state index in [2.05, 4.69) is 24.1 Å². The lowest BCUT2D eigenvalue weighted by Crippen LogP contribution is -2.49. The number of ether oxygens (including phenoxy) is 1. The van der Waals surface area contributed by atoms with E-state index in [0.29, 0.717) is 6.04 Å². The van der Waals surface area contributed by atoms with Crippen molar-refractivity contribution in [3.63, 3.8) is 0 Å². The molecule has 0 radical (unpaired) electrons. The predicted molar refractivity (Wildman–Crippen MR) is 84.3 cm³/mol. The Morgan fingerprint density at radius 1 is 1.26 bits per heavy atom. The average molecular weight is 326 g/mol. The van der Waals surface area contributed by atoms with Gasteiger partial charge in [0.1, 0.15) is 5.82 Å². The van der Waals surface area contributed by atoms with E-state index in [-0.39, 0.29) is 17.7 Å². The largest absolute Gasteiger partial charge is 0.478 e. The molecule has 6 heteroatoms. The van der Waals surface area contributed by atoms with Gasteiger partial charge in [0, 0.05) is 31.2 Å². The minimum absolute atomic E-state index is 0.113. The Morgan fingerprint density at radius 2 is 1.91 bits per heavy atom. The van der Waals surface area contributed by atoms with E-state index in [1.54, 1.807) is 6.92 Å². The maximum atomic E-state index is 13.5. The standard InChI is InChI=1S/C17H24F2N2O2/c1-11(2)21-8-6-14(7-9-21)20-17(22)12(3)23-16-5-4-13(18)10-15(16)19/h4-5,10-12,14H,6-9H2,1-3H3,(H,20,22)/t12-/m0/s1. The molecule has 1 amide bonds. The van der Waals surface area contributed by atoms with Crippen LogP contribution < -0.4 is 10.1 Å². The second-order valence-corrected chi connectivity index (χ2v) is 6.25. The highest BCUT2D eigenvalue weighted by Gasteiger charge is 2.24. The lowest BCUT2D eigenvalue weighted by molar-refractivity contribution is -0.128. The summed E-state index contributed by atoms with van der Waals surface area (Å²) in [5.41, 5.74) is 0. The van der Waals surface area contributed by atoms with Gasteiger partial charge in [0.15, 0.2) is 17.7 Å². The number of halogens is 2. The third-order valence-corrected chi connectivity index (χ3v) is 4.17. The zero-order valence-corrected chi connectivity index (χ0v) is 13.8. The summed E-state index contributed by atoms with van der Waals surface area (Å²) in [6, 6.07) is 3.65. The second-order valence-electron chi connectivity index (χ2n) is 6.25. The molecule has 23 heavy (non-hydrogen) atoms. The first kappa shape index (κ1) is 17.7. The van der Waals surface area contributed by atoms with E-state index < -0.39 is 17.7 Å². The first-order chi connectivity index (χ1) is 10.9. The van der Waals surface area contributed by atoms with Crippen LogP contribution in [0.15, 0.2) is 18.2 Å². The van der Waals surface area contributed by atoms with Crippen LogP contribution in [0.25, 0.3) is 0 Å². The zero-order valence-electron chi connectivity index (χ0n) is 13.8. The van der Waals surface area contributed by atoms with Crippen molar-refractivity contribution >= 4 is 5.91 Å². The number of amides is 1. The lowest BCUT2D eigenvalue weighted by atomic mass is 10.0. The molecule has 2 rings (SSSR count). The van der Waals surface area contributed by atoms with Crippen LogP contribution >= 0.6 is 0 Å². The smallest absolute Gasteiger partial charge is 0.260 e. The van der Waals surface area contributed by atoms with Gasteiger partial charge in [-0.25, -0.2) is 8.78 Å². The number of carbonyl (C=O) groups excluding carboxylic acids is 1. The number of hydrogen-bond donors (Lipinski definition) is 1. The lowest BCUT2D eigenvalue weighted by Gasteiger charge is -2.35. The Balaban J connectivity index is 1.83. The minimum Gasteiger partial charge on any atom is -0.478 e. The molecule has 1 fully saturated rings. The van der Waals surface area contributed by atoms with Gasteiger partial charge < -0.3 is 15.0 Å². The van der Waals surface area contributed by atoms with Crippen LogP contribution in [0.5, 0.6) is 5.75 Å². The summed E-state index contributed by atoms with van der Waals surface area (Å²) >= 11 is 0. The zero-order chi connectivity index (χ0) is 17.0.